The lowest BCUT2D eigenvalue weighted by molar-refractivity contribution is 0.0939. The number of H-pyrrole nitrogens is 1. The lowest BCUT2D eigenvalue weighted by atomic mass is 10.2. The minimum Gasteiger partial charge on any atom is -0.444 e. The molecule has 0 saturated carbocycles. The van der Waals surface area contributed by atoms with Gasteiger partial charge in [0.15, 0.2) is 5.82 Å². The normalized spacial score (nSPS) is 10.0. The van der Waals surface area contributed by atoms with Crippen LogP contribution in [0.4, 0.5) is 10.6 Å². The van der Waals surface area contributed by atoms with Crippen LogP contribution in [0.25, 0.3) is 0 Å². The Morgan fingerprint density at radius 2 is 2.05 bits per heavy atom. The fourth-order valence-electron chi connectivity index (χ4n) is 1.63. The van der Waals surface area contributed by atoms with Gasteiger partial charge in [0.05, 0.1) is 6.61 Å². The number of nitrogens with one attached hydrogen (secondary N) is 3. The van der Waals surface area contributed by atoms with Gasteiger partial charge in [-0.05, 0) is 5.56 Å². The topological polar surface area (TPSA) is 116 Å². The van der Waals surface area contributed by atoms with Crippen LogP contribution in [-0.2, 0) is 11.3 Å². The molecule has 0 aliphatic heterocycles. The number of anilines is 1. The summed E-state index contributed by atoms with van der Waals surface area (Å²) < 4.78 is 5.03. The molecule has 0 unspecified atom stereocenters. The molecule has 0 aliphatic rings. The average molecular weight is 304 g/mol. The highest BCUT2D eigenvalue weighted by molar-refractivity contribution is 5.94. The van der Waals surface area contributed by atoms with Crippen molar-refractivity contribution in [3.63, 3.8) is 0 Å². The van der Waals surface area contributed by atoms with Crippen molar-refractivity contribution < 1.29 is 19.4 Å². The van der Waals surface area contributed by atoms with Crippen molar-refractivity contribution in [3.05, 3.63) is 47.7 Å². The van der Waals surface area contributed by atoms with E-state index in [9.17, 15) is 9.59 Å². The number of aromatic amines is 1. The van der Waals surface area contributed by atoms with E-state index in [1.165, 1.54) is 6.07 Å². The van der Waals surface area contributed by atoms with Crippen LogP contribution < -0.4 is 10.6 Å². The number of benzene rings is 1. The minimum absolute atomic E-state index is 0.139. The van der Waals surface area contributed by atoms with Gasteiger partial charge in [0.1, 0.15) is 12.3 Å². The molecule has 8 heteroatoms. The number of aliphatic hydroxyl groups is 1. The zero-order chi connectivity index (χ0) is 15.8. The highest BCUT2D eigenvalue weighted by Gasteiger charge is 2.11. The maximum Gasteiger partial charge on any atom is 0.413 e. The van der Waals surface area contributed by atoms with E-state index < -0.39 is 12.0 Å². The van der Waals surface area contributed by atoms with E-state index in [2.05, 4.69) is 20.8 Å². The Bertz CT molecular complexity index is 627. The van der Waals surface area contributed by atoms with E-state index in [4.69, 9.17) is 9.84 Å². The summed E-state index contributed by atoms with van der Waals surface area (Å²) in [4.78, 5) is 23.2. The van der Waals surface area contributed by atoms with Crippen LogP contribution in [0.2, 0.25) is 0 Å². The molecule has 2 rings (SSSR count). The first-order valence-corrected chi connectivity index (χ1v) is 6.61. The molecule has 0 saturated heterocycles. The maximum absolute atomic E-state index is 11.6. The highest BCUT2D eigenvalue weighted by atomic mass is 16.5. The van der Waals surface area contributed by atoms with Crippen LogP contribution in [0.1, 0.15) is 16.1 Å². The highest BCUT2D eigenvalue weighted by Crippen LogP contribution is 2.07. The molecule has 1 heterocycles. The maximum atomic E-state index is 11.6. The summed E-state index contributed by atoms with van der Waals surface area (Å²) in [5.41, 5.74) is 1.04. The second-order valence-corrected chi connectivity index (χ2v) is 4.33. The van der Waals surface area contributed by atoms with Gasteiger partial charge in [-0.15, -0.1) is 0 Å². The molecule has 8 nitrogen and oxygen atoms in total. The third-order valence-corrected chi connectivity index (χ3v) is 2.66. The number of ether oxygens (including phenoxy) is 1. The molecule has 4 N–H and O–H groups in total. The van der Waals surface area contributed by atoms with Gasteiger partial charge in [-0.3, -0.25) is 15.2 Å². The molecule has 0 bridgehead atoms. The van der Waals surface area contributed by atoms with Gasteiger partial charge in [0.25, 0.3) is 5.91 Å². The summed E-state index contributed by atoms with van der Waals surface area (Å²) in [6.07, 6.45) is -0.669. The predicted molar refractivity (Wildman–Crippen MR) is 78.3 cm³/mol. The van der Waals surface area contributed by atoms with Gasteiger partial charge < -0.3 is 15.2 Å². The summed E-state index contributed by atoms with van der Waals surface area (Å²) in [5, 5.41) is 19.8. The van der Waals surface area contributed by atoms with E-state index in [-0.39, 0.29) is 31.3 Å². The Morgan fingerprint density at radius 1 is 1.27 bits per heavy atom. The molecule has 0 spiro atoms. The SMILES string of the molecule is O=C(Nc1cc(C(=O)NCCO)[nH]n1)OCc1ccccc1. The fourth-order valence-corrected chi connectivity index (χ4v) is 1.63. The van der Waals surface area contributed by atoms with Crippen LogP contribution in [0.15, 0.2) is 36.4 Å². The van der Waals surface area contributed by atoms with E-state index in [0.29, 0.717) is 0 Å². The average Bonchev–Trinajstić information content (AvgIpc) is 3.00. The molecule has 22 heavy (non-hydrogen) atoms. The van der Waals surface area contributed by atoms with Gasteiger partial charge >= 0.3 is 6.09 Å². The molecule has 1 aromatic heterocycles. The number of carbonyl (C=O) groups is 2. The Labute approximate surface area is 126 Å². The number of carbonyl (C=O) groups excluding carboxylic acids is 2. The van der Waals surface area contributed by atoms with Gasteiger partial charge in [0.2, 0.25) is 0 Å². The summed E-state index contributed by atoms with van der Waals surface area (Å²) in [6.45, 7) is 0.122. The molecular weight excluding hydrogens is 288 g/mol. The standard InChI is InChI=1S/C14H16N4O4/c19-7-6-15-13(20)11-8-12(18-17-11)16-14(21)22-9-10-4-2-1-3-5-10/h1-5,8,19H,6-7,9H2,(H,15,20)(H2,16,17,18,21). The number of rotatable bonds is 6. The molecule has 0 fully saturated rings. The number of aromatic nitrogens is 2. The van der Waals surface area contributed by atoms with Crippen LogP contribution in [0.5, 0.6) is 0 Å². The summed E-state index contributed by atoms with van der Waals surface area (Å²) in [6, 6.07) is 10.6. The Balaban J connectivity index is 1.82. The first kappa shape index (κ1) is 15.5. The zero-order valence-electron chi connectivity index (χ0n) is 11.7. The third kappa shape index (κ3) is 4.60. The van der Waals surface area contributed by atoms with Gasteiger partial charge in [-0.25, -0.2) is 4.79 Å². The summed E-state index contributed by atoms with van der Waals surface area (Å²) in [5.74, 6) is -0.250. The van der Waals surface area contributed by atoms with E-state index in [1.54, 1.807) is 0 Å². The van der Waals surface area contributed by atoms with Crippen molar-refractivity contribution in [3.8, 4) is 0 Å². The summed E-state index contributed by atoms with van der Waals surface area (Å²) >= 11 is 0. The molecule has 2 amide bonds. The van der Waals surface area contributed by atoms with Crippen molar-refractivity contribution in [1.82, 2.24) is 15.5 Å². The molecule has 116 valence electrons. The molecule has 2 aromatic rings. The van der Waals surface area contributed by atoms with Crippen molar-refractivity contribution in [2.24, 2.45) is 0 Å². The Kier molecular flexibility index (Phi) is 5.50. The van der Waals surface area contributed by atoms with E-state index in [1.807, 2.05) is 30.3 Å². The largest absolute Gasteiger partial charge is 0.444 e. The van der Waals surface area contributed by atoms with Gasteiger partial charge in [-0.1, -0.05) is 30.3 Å². The molecular formula is C14H16N4O4. The zero-order valence-corrected chi connectivity index (χ0v) is 11.7. The first-order valence-electron chi connectivity index (χ1n) is 6.61. The lowest BCUT2D eigenvalue weighted by Gasteiger charge is -2.04. The molecule has 1 aromatic carbocycles. The van der Waals surface area contributed by atoms with Crippen LogP contribution in [-0.4, -0.2) is 40.5 Å². The quantitative estimate of drug-likeness (QED) is 0.632. The smallest absolute Gasteiger partial charge is 0.413 e. The van der Waals surface area contributed by atoms with Crippen molar-refractivity contribution in [1.29, 1.82) is 0 Å². The van der Waals surface area contributed by atoms with Gasteiger partial charge in [0, 0.05) is 12.6 Å². The number of nitrogens with zero attached hydrogens (tertiary/aromatic N) is 1. The van der Waals surface area contributed by atoms with Gasteiger partial charge in [-0.2, -0.15) is 5.10 Å². The first-order chi connectivity index (χ1) is 10.7. The van der Waals surface area contributed by atoms with Crippen LogP contribution in [0.3, 0.4) is 0 Å². The number of hydrogen-bond acceptors (Lipinski definition) is 5. The predicted octanol–water partition coefficient (Wildman–Crippen LogP) is 0.880. The Morgan fingerprint density at radius 3 is 2.77 bits per heavy atom. The molecule has 0 atom stereocenters. The van der Waals surface area contributed by atoms with E-state index >= 15 is 0 Å². The molecule has 0 radical (unpaired) electrons. The third-order valence-electron chi connectivity index (χ3n) is 2.66. The van der Waals surface area contributed by atoms with Crippen LogP contribution >= 0.6 is 0 Å². The number of hydrogen-bond donors (Lipinski definition) is 4. The minimum atomic E-state index is -0.669. The fraction of sp³-hybridized carbons (Fsp3) is 0.214. The molecule has 0 aliphatic carbocycles. The number of amides is 2. The second kappa shape index (κ2) is 7.79. The summed E-state index contributed by atoms with van der Waals surface area (Å²) in [7, 11) is 0. The monoisotopic (exact) mass is 304 g/mol. The lowest BCUT2D eigenvalue weighted by Crippen LogP contribution is -2.26. The second-order valence-electron chi connectivity index (χ2n) is 4.33. The van der Waals surface area contributed by atoms with Crippen molar-refractivity contribution in [2.45, 2.75) is 6.61 Å². The number of aliphatic hydroxyl groups excluding tert-OH is 1. The van der Waals surface area contributed by atoms with Crippen LogP contribution in [0, 0.1) is 0 Å². The van der Waals surface area contributed by atoms with E-state index in [0.717, 1.165) is 5.56 Å². The van der Waals surface area contributed by atoms with Crippen molar-refractivity contribution in [2.75, 3.05) is 18.5 Å². The Hall–Kier alpha value is -2.87. The van der Waals surface area contributed by atoms with Crippen molar-refractivity contribution >= 4 is 17.8 Å².